The summed E-state index contributed by atoms with van der Waals surface area (Å²) >= 11 is 0. The molecule has 0 unspecified atom stereocenters. The maximum absolute atomic E-state index is 14.0. The predicted molar refractivity (Wildman–Crippen MR) is 76.8 cm³/mol. The van der Waals surface area contributed by atoms with Gasteiger partial charge in [0.1, 0.15) is 11.6 Å². The van der Waals surface area contributed by atoms with Crippen molar-refractivity contribution < 1.29 is 18.0 Å². The van der Waals surface area contributed by atoms with Gasteiger partial charge in [-0.1, -0.05) is 18.2 Å². The van der Waals surface area contributed by atoms with E-state index in [2.05, 4.69) is 4.98 Å². The summed E-state index contributed by atoms with van der Waals surface area (Å²) in [4.78, 5) is 16.9. The second-order valence-electron chi connectivity index (χ2n) is 5.22. The Morgan fingerprint density at radius 1 is 1.18 bits per heavy atom. The molecule has 1 aliphatic heterocycles. The molecule has 1 saturated heterocycles. The number of hydrogen-bond acceptors (Lipinski definition) is 3. The molecule has 0 radical (unpaired) electrons. The molecule has 22 heavy (non-hydrogen) atoms. The summed E-state index contributed by atoms with van der Waals surface area (Å²) in [5, 5.41) is 0. The maximum Gasteiger partial charge on any atom is 0.266 e. The van der Waals surface area contributed by atoms with Crippen molar-refractivity contribution in [3.05, 3.63) is 47.9 Å². The Hall–Kier alpha value is -2.37. The molecule has 3 nitrogen and oxygen atoms in total. The number of alkyl halides is 2. The van der Waals surface area contributed by atoms with Crippen molar-refractivity contribution in [3.8, 4) is 11.1 Å². The van der Waals surface area contributed by atoms with Gasteiger partial charge in [0.05, 0.1) is 12.1 Å². The van der Waals surface area contributed by atoms with Crippen LogP contribution >= 0.6 is 0 Å². The predicted octanol–water partition coefficient (Wildman–Crippen LogP) is 3.55. The van der Waals surface area contributed by atoms with Crippen molar-refractivity contribution in [2.24, 2.45) is 0 Å². The molecule has 1 aromatic heterocycles. The number of aldehydes is 1. The van der Waals surface area contributed by atoms with E-state index >= 15 is 0 Å². The normalized spacial score (nSPS) is 16.8. The van der Waals surface area contributed by atoms with Gasteiger partial charge in [-0.2, -0.15) is 0 Å². The van der Waals surface area contributed by atoms with Crippen LogP contribution in [0.5, 0.6) is 0 Å². The molecule has 1 fully saturated rings. The molecule has 1 aliphatic rings. The van der Waals surface area contributed by atoms with E-state index in [-0.39, 0.29) is 29.9 Å². The van der Waals surface area contributed by atoms with Crippen LogP contribution in [0, 0.1) is 5.82 Å². The van der Waals surface area contributed by atoms with Crippen LogP contribution in [0.3, 0.4) is 0 Å². The average molecular weight is 306 g/mol. The number of hydrogen-bond donors (Lipinski definition) is 0. The highest BCUT2D eigenvalue weighted by molar-refractivity contribution is 5.93. The van der Waals surface area contributed by atoms with Crippen molar-refractivity contribution in [2.75, 3.05) is 18.0 Å². The van der Waals surface area contributed by atoms with Crippen LogP contribution in [0.4, 0.5) is 19.0 Å². The van der Waals surface area contributed by atoms with Crippen molar-refractivity contribution >= 4 is 12.1 Å². The third kappa shape index (κ3) is 2.56. The molecule has 6 heteroatoms. The van der Waals surface area contributed by atoms with Crippen LogP contribution in [-0.2, 0) is 0 Å². The zero-order valence-corrected chi connectivity index (χ0v) is 11.6. The molecular formula is C16H13F3N2O. The number of benzene rings is 1. The Morgan fingerprint density at radius 3 is 2.59 bits per heavy atom. The van der Waals surface area contributed by atoms with Crippen LogP contribution in [0.15, 0.2) is 36.5 Å². The second-order valence-corrected chi connectivity index (χ2v) is 5.22. The minimum Gasteiger partial charge on any atom is -0.350 e. The summed E-state index contributed by atoms with van der Waals surface area (Å²) in [6.07, 6.45) is 1.66. The van der Waals surface area contributed by atoms with E-state index in [4.69, 9.17) is 0 Å². The SMILES string of the molecule is O=Cc1c(-c2ccccc2F)ccnc1N1CCC(F)(F)C1. The maximum atomic E-state index is 14.0. The number of nitrogens with zero attached hydrogens (tertiary/aromatic N) is 2. The highest BCUT2D eigenvalue weighted by Gasteiger charge is 2.39. The summed E-state index contributed by atoms with van der Waals surface area (Å²) in [6, 6.07) is 7.54. The van der Waals surface area contributed by atoms with Gasteiger partial charge >= 0.3 is 0 Å². The van der Waals surface area contributed by atoms with Gasteiger partial charge in [0.25, 0.3) is 5.92 Å². The topological polar surface area (TPSA) is 33.2 Å². The zero-order valence-electron chi connectivity index (χ0n) is 11.6. The molecule has 0 amide bonds. The Labute approximate surface area is 125 Å². The number of pyridine rings is 1. The van der Waals surface area contributed by atoms with Gasteiger partial charge in [0.15, 0.2) is 6.29 Å². The lowest BCUT2D eigenvalue weighted by molar-refractivity contribution is 0.0256. The lowest BCUT2D eigenvalue weighted by Crippen LogP contribution is -2.26. The molecule has 2 heterocycles. The Balaban J connectivity index is 2.09. The molecule has 2 aromatic rings. The third-order valence-electron chi connectivity index (χ3n) is 3.72. The summed E-state index contributed by atoms with van der Waals surface area (Å²) in [5.41, 5.74) is 0.734. The first-order valence-corrected chi connectivity index (χ1v) is 6.84. The third-order valence-corrected chi connectivity index (χ3v) is 3.72. The van der Waals surface area contributed by atoms with Crippen molar-refractivity contribution in [1.82, 2.24) is 4.98 Å². The summed E-state index contributed by atoms with van der Waals surface area (Å²) in [6.45, 7) is -0.372. The summed E-state index contributed by atoms with van der Waals surface area (Å²) < 4.78 is 40.7. The fourth-order valence-electron chi connectivity index (χ4n) is 2.66. The Bertz CT molecular complexity index is 718. The van der Waals surface area contributed by atoms with Crippen molar-refractivity contribution in [2.45, 2.75) is 12.3 Å². The van der Waals surface area contributed by atoms with E-state index in [0.717, 1.165) is 0 Å². The first-order chi connectivity index (χ1) is 10.5. The molecular weight excluding hydrogens is 293 g/mol. The Morgan fingerprint density at radius 2 is 1.95 bits per heavy atom. The fourth-order valence-corrected chi connectivity index (χ4v) is 2.66. The molecule has 0 saturated carbocycles. The summed E-state index contributed by atoms with van der Waals surface area (Å²) in [7, 11) is 0. The number of anilines is 1. The first-order valence-electron chi connectivity index (χ1n) is 6.84. The highest BCUT2D eigenvalue weighted by Crippen LogP contribution is 2.35. The second kappa shape index (κ2) is 5.44. The molecule has 114 valence electrons. The lowest BCUT2D eigenvalue weighted by Gasteiger charge is -2.20. The van der Waals surface area contributed by atoms with Crippen LogP contribution < -0.4 is 4.90 Å². The van der Waals surface area contributed by atoms with Crippen LogP contribution in [0.2, 0.25) is 0 Å². The fraction of sp³-hybridized carbons (Fsp3) is 0.250. The van der Waals surface area contributed by atoms with Gasteiger partial charge in [0, 0.05) is 30.3 Å². The van der Waals surface area contributed by atoms with Gasteiger partial charge in [-0.3, -0.25) is 4.79 Å². The molecule has 3 rings (SSSR count). The minimum absolute atomic E-state index is 0.113. The number of aromatic nitrogens is 1. The van der Waals surface area contributed by atoms with Gasteiger partial charge < -0.3 is 4.90 Å². The average Bonchev–Trinajstić information content (AvgIpc) is 2.87. The summed E-state index contributed by atoms with van der Waals surface area (Å²) in [5.74, 6) is -3.10. The number of carbonyl (C=O) groups excluding carboxylic acids is 1. The smallest absolute Gasteiger partial charge is 0.266 e. The molecule has 0 bridgehead atoms. The molecule has 1 aromatic carbocycles. The van der Waals surface area contributed by atoms with Gasteiger partial charge in [-0.15, -0.1) is 0 Å². The van der Waals surface area contributed by atoms with E-state index < -0.39 is 18.3 Å². The van der Waals surface area contributed by atoms with Gasteiger partial charge in [-0.25, -0.2) is 18.2 Å². The van der Waals surface area contributed by atoms with E-state index in [1.54, 1.807) is 18.2 Å². The molecule has 0 atom stereocenters. The van der Waals surface area contributed by atoms with Crippen molar-refractivity contribution in [1.29, 1.82) is 0 Å². The van der Waals surface area contributed by atoms with Crippen LogP contribution in [-0.4, -0.2) is 30.3 Å². The zero-order chi connectivity index (χ0) is 15.7. The Kier molecular flexibility index (Phi) is 3.60. The van der Waals surface area contributed by atoms with E-state index in [9.17, 15) is 18.0 Å². The van der Waals surface area contributed by atoms with E-state index in [1.165, 1.54) is 23.2 Å². The van der Waals surface area contributed by atoms with Gasteiger partial charge in [0.2, 0.25) is 0 Å². The molecule has 0 spiro atoms. The molecule has 0 aliphatic carbocycles. The lowest BCUT2D eigenvalue weighted by atomic mass is 10.0. The van der Waals surface area contributed by atoms with E-state index in [1.807, 2.05) is 0 Å². The van der Waals surface area contributed by atoms with Gasteiger partial charge in [-0.05, 0) is 12.1 Å². The first kappa shape index (κ1) is 14.6. The van der Waals surface area contributed by atoms with Crippen molar-refractivity contribution in [3.63, 3.8) is 0 Å². The number of rotatable bonds is 3. The monoisotopic (exact) mass is 306 g/mol. The van der Waals surface area contributed by atoms with Crippen LogP contribution in [0.1, 0.15) is 16.8 Å². The largest absolute Gasteiger partial charge is 0.350 e. The minimum atomic E-state index is -2.80. The standard InChI is InChI=1S/C16H13F3N2O/c17-14-4-2-1-3-12(14)11-5-7-20-15(13(11)9-22)21-8-6-16(18,19)10-21/h1-5,7,9H,6,8,10H2. The van der Waals surface area contributed by atoms with Crippen LogP contribution in [0.25, 0.3) is 11.1 Å². The highest BCUT2D eigenvalue weighted by atomic mass is 19.3. The quantitative estimate of drug-likeness (QED) is 0.813. The van der Waals surface area contributed by atoms with E-state index in [0.29, 0.717) is 11.8 Å². The molecule has 0 N–H and O–H groups in total. The number of halogens is 3. The number of carbonyl (C=O) groups is 1.